The molecule has 7 heteroatoms. The molecule has 2 aromatic rings. The molecule has 144 valence electrons. The van der Waals surface area contributed by atoms with Gasteiger partial charge in [0.1, 0.15) is 5.75 Å². The predicted molar refractivity (Wildman–Crippen MR) is 107 cm³/mol. The van der Waals surface area contributed by atoms with Crippen LogP contribution < -0.4 is 10.1 Å². The number of carbonyl (C=O) groups is 1. The van der Waals surface area contributed by atoms with Gasteiger partial charge < -0.3 is 10.1 Å². The Bertz CT molecular complexity index is 885. The fraction of sp³-hybridized carbons (Fsp3) is 0.250. The van der Waals surface area contributed by atoms with Crippen LogP contribution in [-0.4, -0.2) is 38.8 Å². The Labute approximate surface area is 160 Å². The average Bonchev–Trinajstić information content (AvgIpc) is 2.68. The summed E-state index contributed by atoms with van der Waals surface area (Å²) in [7, 11) is -1.91. The van der Waals surface area contributed by atoms with E-state index in [4.69, 9.17) is 4.74 Å². The molecule has 0 radical (unpaired) electrons. The first kappa shape index (κ1) is 20.7. The molecule has 6 nitrogen and oxygen atoms in total. The van der Waals surface area contributed by atoms with Gasteiger partial charge in [-0.05, 0) is 48.0 Å². The van der Waals surface area contributed by atoms with Gasteiger partial charge in [-0.15, -0.1) is 0 Å². The van der Waals surface area contributed by atoms with Crippen molar-refractivity contribution in [1.29, 1.82) is 0 Å². The summed E-state index contributed by atoms with van der Waals surface area (Å²) in [6.45, 7) is 4.41. The molecule has 0 saturated heterocycles. The molecule has 2 aromatic carbocycles. The number of benzene rings is 2. The Hall–Kier alpha value is -2.64. The summed E-state index contributed by atoms with van der Waals surface area (Å²) in [5.74, 6) is 0.446. The first-order chi connectivity index (χ1) is 12.9. The second-order valence-corrected chi connectivity index (χ2v) is 7.65. The molecular weight excluding hydrogens is 364 g/mol. The number of anilines is 1. The molecule has 0 aliphatic heterocycles. The van der Waals surface area contributed by atoms with Gasteiger partial charge in [-0.25, -0.2) is 8.42 Å². The maximum absolute atomic E-state index is 12.5. The van der Waals surface area contributed by atoms with Gasteiger partial charge in [0.25, 0.3) is 0 Å². The lowest BCUT2D eigenvalue weighted by Gasteiger charge is -2.18. The molecule has 2 rings (SSSR count). The van der Waals surface area contributed by atoms with E-state index < -0.39 is 10.0 Å². The summed E-state index contributed by atoms with van der Waals surface area (Å²) in [5, 5.41) is 2.71. The highest BCUT2D eigenvalue weighted by molar-refractivity contribution is 7.89. The summed E-state index contributed by atoms with van der Waals surface area (Å²) in [6, 6.07) is 13.5. The predicted octanol–water partition coefficient (Wildman–Crippen LogP) is 3.38. The Morgan fingerprint density at radius 3 is 2.15 bits per heavy atom. The highest BCUT2D eigenvalue weighted by Crippen LogP contribution is 2.18. The number of methoxy groups -OCH3 is 1. The quantitative estimate of drug-likeness (QED) is 0.704. The van der Waals surface area contributed by atoms with E-state index in [-0.39, 0.29) is 10.8 Å². The van der Waals surface area contributed by atoms with E-state index in [9.17, 15) is 13.2 Å². The van der Waals surface area contributed by atoms with Crippen LogP contribution in [0.15, 0.2) is 59.5 Å². The summed E-state index contributed by atoms with van der Waals surface area (Å²) >= 11 is 0. The number of ether oxygens (including phenoxy) is 1. The van der Waals surface area contributed by atoms with Crippen molar-refractivity contribution in [3.8, 4) is 5.75 Å². The smallest absolute Gasteiger partial charge is 0.248 e. The maximum Gasteiger partial charge on any atom is 0.248 e. The van der Waals surface area contributed by atoms with Crippen LogP contribution in [0, 0.1) is 0 Å². The van der Waals surface area contributed by atoms with E-state index in [1.165, 1.54) is 22.5 Å². The average molecular weight is 388 g/mol. The highest BCUT2D eigenvalue weighted by atomic mass is 32.2. The fourth-order valence-corrected chi connectivity index (χ4v) is 3.95. The van der Waals surface area contributed by atoms with Gasteiger partial charge in [0.05, 0.1) is 12.0 Å². The third-order valence-corrected chi connectivity index (χ3v) is 6.07. The number of amides is 1. The van der Waals surface area contributed by atoms with E-state index >= 15 is 0 Å². The summed E-state index contributed by atoms with van der Waals surface area (Å²) < 4.78 is 31.4. The van der Waals surface area contributed by atoms with E-state index in [1.54, 1.807) is 39.2 Å². The van der Waals surface area contributed by atoms with Crippen molar-refractivity contribution in [2.24, 2.45) is 0 Å². The van der Waals surface area contributed by atoms with E-state index in [0.29, 0.717) is 18.8 Å². The lowest BCUT2D eigenvalue weighted by Crippen LogP contribution is -2.30. The molecule has 1 N–H and O–H groups in total. The topological polar surface area (TPSA) is 75.7 Å². The van der Waals surface area contributed by atoms with Gasteiger partial charge in [0.2, 0.25) is 15.9 Å². The fourth-order valence-electron chi connectivity index (χ4n) is 2.49. The Morgan fingerprint density at radius 2 is 1.63 bits per heavy atom. The number of nitrogens with one attached hydrogen (secondary N) is 1. The van der Waals surface area contributed by atoms with Crippen LogP contribution in [0.5, 0.6) is 5.75 Å². The highest BCUT2D eigenvalue weighted by Gasteiger charge is 2.21. The van der Waals surface area contributed by atoms with Crippen molar-refractivity contribution in [3.63, 3.8) is 0 Å². The molecule has 0 spiro atoms. The molecule has 0 fully saturated rings. The summed E-state index contributed by atoms with van der Waals surface area (Å²) in [6.07, 6.45) is 3.11. The Morgan fingerprint density at radius 1 is 1.04 bits per heavy atom. The molecule has 0 unspecified atom stereocenters. The zero-order chi connectivity index (χ0) is 19.9. The Kier molecular flexibility index (Phi) is 7.15. The van der Waals surface area contributed by atoms with Crippen molar-refractivity contribution in [3.05, 3.63) is 60.2 Å². The number of rotatable bonds is 8. The molecule has 0 aliphatic carbocycles. The second kappa shape index (κ2) is 9.34. The lowest BCUT2D eigenvalue weighted by molar-refractivity contribution is -0.111. The van der Waals surface area contributed by atoms with Gasteiger partial charge in [-0.3, -0.25) is 4.79 Å². The molecule has 0 atom stereocenters. The second-order valence-electron chi connectivity index (χ2n) is 5.71. The molecule has 0 saturated carbocycles. The zero-order valence-electron chi connectivity index (χ0n) is 15.7. The molecule has 0 aliphatic rings. The molecule has 1 amide bonds. The number of hydrogen-bond donors (Lipinski definition) is 1. The molecule has 0 bridgehead atoms. The van der Waals surface area contributed by atoms with Crippen LogP contribution >= 0.6 is 0 Å². The monoisotopic (exact) mass is 388 g/mol. The van der Waals surface area contributed by atoms with Crippen molar-refractivity contribution in [1.82, 2.24) is 4.31 Å². The number of carbonyl (C=O) groups excluding carboxylic acids is 1. The zero-order valence-corrected chi connectivity index (χ0v) is 16.5. The standard InChI is InChI=1S/C20H24N2O4S/c1-4-22(5-2)27(24,25)19-13-9-17(10-14-19)21-20(23)15-8-16-6-11-18(26-3)12-7-16/h6-15H,4-5H2,1-3H3,(H,21,23). The largest absolute Gasteiger partial charge is 0.497 e. The van der Waals surface area contributed by atoms with E-state index in [2.05, 4.69) is 5.32 Å². The van der Waals surface area contributed by atoms with Crippen LogP contribution in [-0.2, 0) is 14.8 Å². The lowest BCUT2D eigenvalue weighted by atomic mass is 10.2. The van der Waals surface area contributed by atoms with E-state index in [1.807, 2.05) is 24.3 Å². The van der Waals surface area contributed by atoms with Crippen molar-refractivity contribution in [2.45, 2.75) is 18.7 Å². The van der Waals surface area contributed by atoms with Crippen LogP contribution in [0.1, 0.15) is 19.4 Å². The third kappa shape index (κ3) is 5.42. The normalized spacial score (nSPS) is 11.7. The minimum absolute atomic E-state index is 0.206. The number of hydrogen-bond acceptors (Lipinski definition) is 4. The Balaban J connectivity index is 2.03. The minimum atomic E-state index is -3.50. The summed E-state index contributed by atoms with van der Waals surface area (Å²) in [5.41, 5.74) is 1.39. The van der Waals surface area contributed by atoms with Crippen LogP contribution in [0.2, 0.25) is 0 Å². The number of sulfonamides is 1. The summed E-state index contributed by atoms with van der Waals surface area (Å²) in [4.78, 5) is 12.2. The van der Waals surface area contributed by atoms with Crippen LogP contribution in [0.25, 0.3) is 6.08 Å². The van der Waals surface area contributed by atoms with Crippen LogP contribution in [0.3, 0.4) is 0 Å². The first-order valence-corrected chi connectivity index (χ1v) is 10.1. The minimum Gasteiger partial charge on any atom is -0.497 e. The van der Waals surface area contributed by atoms with Crippen molar-refractivity contribution in [2.75, 3.05) is 25.5 Å². The number of nitrogens with zero attached hydrogens (tertiary/aromatic N) is 1. The van der Waals surface area contributed by atoms with Crippen molar-refractivity contribution < 1.29 is 17.9 Å². The van der Waals surface area contributed by atoms with Crippen molar-refractivity contribution >= 4 is 27.7 Å². The van der Waals surface area contributed by atoms with E-state index in [0.717, 1.165) is 11.3 Å². The van der Waals surface area contributed by atoms with Gasteiger partial charge >= 0.3 is 0 Å². The van der Waals surface area contributed by atoms with Crippen LogP contribution in [0.4, 0.5) is 5.69 Å². The van der Waals surface area contributed by atoms with Gasteiger partial charge in [-0.2, -0.15) is 4.31 Å². The molecule has 0 aromatic heterocycles. The molecule has 0 heterocycles. The van der Waals surface area contributed by atoms with Gasteiger partial charge in [0, 0.05) is 24.9 Å². The molecular formula is C20H24N2O4S. The molecule has 27 heavy (non-hydrogen) atoms. The maximum atomic E-state index is 12.5. The third-order valence-electron chi connectivity index (χ3n) is 4.01. The van der Waals surface area contributed by atoms with Gasteiger partial charge in [-0.1, -0.05) is 26.0 Å². The van der Waals surface area contributed by atoms with Gasteiger partial charge in [0.15, 0.2) is 0 Å². The first-order valence-electron chi connectivity index (χ1n) is 8.64. The SMILES string of the molecule is CCN(CC)S(=O)(=O)c1ccc(NC(=O)C=Cc2ccc(OC)cc2)cc1.